The van der Waals surface area contributed by atoms with E-state index < -0.39 is 11.7 Å². The van der Waals surface area contributed by atoms with Crippen LogP contribution in [0.1, 0.15) is 63.3 Å². The third kappa shape index (κ3) is 9.28. The minimum Gasteiger partial charge on any atom is -0.261 e. The summed E-state index contributed by atoms with van der Waals surface area (Å²) in [5.74, 6) is 0. The molecule has 0 unspecified atom stereocenters. The molecule has 0 saturated heterocycles. The molecule has 0 N–H and O–H groups in total. The summed E-state index contributed by atoms with van der Waals surface area (Å²) in [5.41, 5.74) is 4.60. The number of rotatable bonds is 12. The van der Waals surface area contributed by atoms with E-state index in [4.69, 9.17) is 0 Å². The summed E-state index contributed by atoms with van der Waals surface area (Å²) in [5, 5.41) is 0. The molecule has 7 heteroatoms. The molecule has 0 radical (unpaired) electrons. The van der Waals surface area contributed by atoms with Gasteiger partial charge in [-0.3, -0.25) is 4.99 Å². The number of aryl methyl sites for hydroxylation is 1. The average Bonchev–Trinajstić information content (AvgIpc) is 2.81. The first-order valence-electron chi connectivity index (χ1n) is 11.8. The molecule has 2 aromatic rings. The summed E-state index contributed by atoms with van der Waals surface area (Å²) < 4.78 is 43.0. The Morgan fingerprint density at radius 3 is 2.09 bits per heavy atom. The van der Waals surface area contributed by atoms with Crippen LogP contribution in [0.15, 0.2) is 64.8 Å². The van der Waals surface area contributed by atoms with Crippen LogP contribution in [0.2, 0.25) is 0 Å². The van der Waals surface area contributed by atoms with Gasteiger partial charge in [0.1, 0.15) is 0 Å². The summed E-state index contributed by atoms with van der Waals surface area (Å²) in [7, 11) is 0. The van der Waals surface area contributed by atoms with E-state index in [0.29, 0.717) is 5.56 Å². The van der Waals surface area contributed by atoms with E-state index in [-0.39, 0.29) is 0 Å². The fraction of sp³-hybridized carbons (Fsp3) is 0.444. The minimum absolute atomic E-state index is 0.649. The van der Waals surface area contributed by atoms with Gasteiger partial charge in [0.15, 0.2) is 0 Å². The van der Waals surface area contributed by atoms with Gasteiger partial charge in [0.2, 0.25) is 0 Å². The monoisotopic (exact) mass is 491 g/mol. The highest BCUT2D eigenvalue weighted by Gasteiger charge is 2.29. The number of aliphatic imine (C=N–C) groups is 1. The number of alkyl halides is 3. The van der Waals surface area contributed by atoms with E-state index in [1.54, 1.807) is 18.3 Å². The number of allylic oxidation sites excluding steroid dienone is 2. The first-order valence-corrected chi connectivity index (χ1v) is 12.5. The Kier molecular flexibility index (Phi) is 11.4. The SMILES string of the molecule is CCN(CC)SN(CC)Cc1cccc(CCC(N=Cc2ccc(C(F)(F)F)cc2)=C(C)C)c1. The molecule has 186 valence electrons. The van der Waals surface area contributed by atoms with E-state index in [1.165, 1.54) is 23.3 Å². The lowest BCUT2D eigenvalue weighted by molar-refractivity contribution is -0.137. The summed E-state index contributed by atoms with van der Waals surface area (Å²) in [4.78, 5) is 4.59. The first kappa shape index (κ1) is 28.1. The molecule has 0 aliphatic carbocycles. The van der Waals surface area contributed by atoms with Crippen molar-refractivity contribution in [2.45, 2.75) is 60.2 Å². The molecule has 2 rings (SSSR count). The first-order chi connectivity index (χ1) is 16.2. The lowest BCUT2D eigenvalue weighted by Crippen LogP contribution is -2.24. The van der Waals surface area contributed by atoms with Crippen molar-refractivity contribution in [3.63, 3.8) is 0 Å². The van der Waals surface area contributed by atoms with E-state index >= 15 is 0 Å². The summed E-state index contributed by atoms with van der Waals surface area (Å²) in [6.45, 7) is 14.4. The third-order valence-corrected chi connectivity index (χ3v) is 6.84. The molecular formula is C27H36F3N3S. The second kappa shape index (κ2) is 13.7. The van der Waals surface area contributed by atoms with E-state index in [1.807, 2.05) is 13.8 Å². The zero-order valence-electron chi connectivity index (χ0n) is 20.8. The van der Waals surface area contributed by atoms with Crippen molar-refractivity contribution >= 4 is 18.3 Å². The lowest BCUT2D eigenvalue weighted by Gasteiger charge is -2.26. The van der Waals surface area contributed by atoms with Crippen LogP contribution in [0.5, 0.6) is 0 Å². The van der Waals surface area contributed by atoms with Crippen LogP contribution in [0, 0.1) is 0 Å². The third-order valence-electron chi connectivity index (χ3n) is 5.47. The summed E-state index contributed by atoms with van der Waals surface area (Å²) in [6.07, 6.45) is -1.06. The molecule has 0 aliphatic rings. The van der Waals surface area contributed by atoms with Crippen LogP contribution in [-0.4, -0.2) is 34.5 Å². The van der Waals surface area contributed by atoms with Gasteiger partial charge in [-0.2, -0.15) is 13.2 Å². The molecule has 0 heterocycles. The van der Waals surface area contributed by atoms with Crippen molar-refractivity contribution in [1.82, 2.24) is 8.61 Å². The highest BCUT2D eigenvalue weighted by molar-refractivity contribution is 7.94. The number of hydrogen-bond donors (Lipinski definition) is 0. The van der Waals surface area contributed by atoms with Crippen molar-refractivity contribution in [2.75, 3.05) is 19.6 Å². The number of halogens is 3. The van der Waals surface area contributed by atoms with Gasteiger partial charge in [0.05, 0.1) is 5.56 Å². The lowest BCUT2D eigenvalue weighted by atomic mass is 10.0. The van der Waals surface area contributed by atoms with Gasteiger partial charge < -0.3 is 0 Å². The molecule has 0 amide bonds. The van der Waals surface area contributed by atoms with E-state index in [2.05, 4.69) is 58.6 Å². The van der Waals surface area contributed by atoms with E-state index in [9.17, 15) is 13.2 Å². The molecule has 0 bridgehead atoms. The largest absolute Gasteiger partial charge is 0.416 e. The van der Waals surface area contributed by atoms with Crippen molar-refractivity contribution in [2.24, 2.45) is 4.99 Å². The van der Waals surface area contributed by atoms with Crippen molar-refractivity contribution in [1.29, 1.82) is 0 Å². The van der Waals surface area contributed by atoms with Gasteiger partial charge in [0.25, 0.3) is 0 Å². The Morgan fingerprint density at radius 2 is 1.53 bits per heavy atom. The topological polar surface area (TPSA) is 18.8 Å². The quantitative estimate of drug-likeness (QED) is 0.223. The Labute approximate surface area is 207 Å². The van der Waals surface area contributed by atoms with Crippen molar-refractivity contribution in [3.05, 3.63) is 82.1 Å². The van der Waals surface area contributed by atoms with Gasteiger partial charge in [-0.05, 0) is 55.5 Å². The standard InChI is InChI=1S/C27H36F3N3S/c1-6-32(7-2)34-33(8-3)20-24-11-9-10-22(18-24)14-17-26(21(4)5)31-19-23-12-15-25(16-13-23)27(28,29)30/h9-13,15-16,18-19H,6-8,14,17,20H2,1-5H3. The molecule has 0 spiro atoms. The molecule has 0 atom stereocenters. The van der Waals surface area contributed by atoms with Gasteiger partial charge in [0, 0.05) is 50.2 Å². The maximum atomic E-state index is 12.8. The fourth-order valence-electron chi connectivity index (χ4n) is 3.40. The predicted octanol–water partition coefficient (Wildman–Crippen LogP) is 7.78. The molecule has 0 aliphatic heterocycles. The molecule has 0 fully saturated rings. The van der Waals surface area contributed by atoms with Crippen LogP contribution in [0.25, 0.3) is 0 Å². The zero-order valence-corrected chi connectivity index (χ0v) is 21.6. The zero-order chi connectivity index (χ0) is 25.1. The highest BCUT2D eigenvalue weighted by Crippen LogP contribution is 2.29. The molecular weight excluding hydrogens is 455 g/mol. The van der Waals surface area contributed by atoms with Crippen LogP contribution in [0.3, 0.4) is 0 Å². The molecule has 2 aromatic carbocycles. The maximum Gasteiger partial charge on any atom is 0.416 e. The Balaban J connectivity index is 2.02. The molecule has 3 nitrogen and oxygen atoms in total. The maximum absolute atomic E-state index is 12.8. The Hall–Kier alpha value is -2.09. The molecule has 0 saturated carbocycles. The van der Waals surface area contributed by atoms with Crippen LogP contribution in [0.4, 0.5) is 13.2 Å². The second-order valence-corrected chi connectivity index (χ2v) is 9.49. The van der Waals surface area contributed by atoms with E-state index in [0.717, 1.165) is 62.4 Å². The smallest absolute Gasteiger partial charge is 0.261 e. The highest BCUT2D eigenvalue weighted by atomic mass is 32.2. The van der Waals surface area contributed by atoms with Gasteiger partial charge >= 0.3 is 6.18 Å². The number of hydrogen-bond acceptors (Lipinski definition) is 4. The van der Waals surface area contributed by atoms with Gasteiger partial charge in [-0.15, -0.1) is 0 Å². The minimum atomic E-state index is -4.33. The number of benzene rings is 2. The van der Waals surface area contributed by atoms with Crippen LogP contribution < -0.4 is 0 Å². The molecule has 34 heavy (non-hydrogen) atoms. The van der Waals surface area contributed by atoms with Gasteiger partial charge in [-0.1, -0.05) is 62.7 Å². The van der Waals surface area contributed by atoms with Crippen LogP contribution >= 0.6 is 12.1 Å². The predicted molar refractivity (Wildman–Crippen MR) is 139 cm³/mol. The Bertz CT molecular complexity index is 944. The fourth-order valence-corrected chi connectivity index (χ4v) is 4.28. The summed E-state index contributed by atoms with van der Waals surface area (Å²) in [6, 6.07) is 13.8. The van der Waals surface area contributed by atoms with Crippen molar-refractivity contribution in [3.8, 4) is 0 Å². The Morgan fingerprint density at radius 1 is 0.912 bits per heavy atom. The number of nitrogens with zero attached hydrogens (tertiary/aromatic N) is 3. The molecule has 0 aromatic heterocycles. The average molecular weight is 492 g/mol. The van der Waals surface area contributed by atoms with Crippen LogP contribution in [-0.2, 0) is 19.1 Å². The summed E-state index contributed by atoms with van der Waals surface area (Å²) >= 11 is 1.80. The van der Waals surface area contributed by atoms with Gasteiger partial charge in [-0.25, -0.2) is 8.61 Å². The van der Waals surface area contributed by atoms with Crippen molar-refractivity contribution < 1.29 is 13.2 Å². The second-order valence-electron chi connectivity index (χ2n) is 8.30. The normalized spacial score (nSPS) is 12.2.